The van der Waals surface area contributed by atoms with Crippen molar-refractivity contribution in [2.75, 3.05) is 19.7 Å². The van der Waals surface area contributed by atoms with Crippen LogP contribution in [0, 0.1) is 10.8 Å². The number of rotatable bonds is 8. The van der Waals surface area contributed by atoms with Gasteiger partial charge in [-0.1, -0.05) is 55.0 Å². The van der Waals surface area contributed by atoms with Gasteiger partial charge in [-0.2, -0.15) is 0 Å². The number of hydrogen-bond donors (Lipinski definition) is 4. The molecule has 0 bridgehead atoms. The third kappa shape index (κ3) is 3.62. The topological polar surface area (TPSA) is 125 Å². The number of amides is 2. The zero-order valence-corrected chi connectivity index (χ0v) is 18.8. The van der Waals surface area contributed by atoms with Gasteiger partial charge in [0.05, 0.1) is 12.0 Å². The van der Waals surface area contributed by atoms with Gasteiger partial charge >= 0.3 is 12.1 Å². The van der Waals surface area contributed by atoms with Crippen molar-refractivity contribution in [2.45, 2.75) is 37.7 Å². The third-order valence-electron chi connectivity index (χ3n) is 7.89. The molecule has 8 heteroatoms. The lowest BCUT2D eigenvalue weighted by Gasteiger charge is -2.32. The van der Waals surface area contributed by atoms with Crippen molar-refractivity contribution in [1.82, 2.24) is 10.6 Å². The molecule has 2 saturated carbocycles. The summed E-state index contributed by atoms with van der Waals surface area (Å²) in [6.07, 6.45) is 1.21. The van der Waals surface area contributed by atoms with Crippen molar-refractivity contribution in [1.29, 1.82) is 0 Å². The quantitative estimate of drug-likeness (QED) is 0.476. The number of nitrogens with one attached hydrogen (secondary N) is 2. The van der Waals surface area contributed by atoms with Crippen molar-refractivity contribution in [3.8, 4) is 11.1 Å². The lowest BCUT2D eigenvalue weighted by molar-refractivity contribution is -0.146. The summed E-state index contributed by atoms with van der Waals surface area (Å²) in [5.74, 6) is -1.77. The van der Waals surface area contributed by atoms with Crippen molar-refractivity contribution >= 4 is 18.0 Å². The molecular weight excluding hydrogens is 436 g/mol. The number of hydrogen-bond acceptors (Lipinski definition) is 5. The molecule has 1 spiro atoms. The Labute approximate surface area is 197 Å². The Hall–Kier alpha value is -3.39. The van der Waals surface area contributed by atoms with Crippen LogP contribution in [0.5, 0.6) is 0 Å². The van der Waals surface area contributed by atoms with Crippen LogP contribution in [0.2, 0.25) is 0 Å². The fourth-order valence-corrected chi connectivity index (χ4v) is 5.76. The number of carboxylic acids is 1. The summed E-state index contributed by atoms with van der Waals surface area (Å²) >= 11 is 0. The van der Waals surface area contributed by atoms with E-state index in [0.29, 0.717) is 6.42 Å². The number of aliphatic carboxylic acids is 1. The molecule has 8 nitrogen and oxygen atoms in total. The first-order chi connectivity index (χ1) is 16.4. The highest BCUT2D eigenvalue weighted by molar-refractivity contribution is 5.89. The van der Waals surface area contributed by atoms with Gasteiger partial charge < -0.3 is 25.6 Å². The van der Waals surface area contributed by atoms with Crippen molar-refractivity contribution < 1.29 is 29.3 Å². The number of benzene rings is 2. The number of aliphatic hydroxyl groups is 1. The fourth-order valence-electron chi connectivity index (χ4n) is 5.76. The molecule has 2 fully saturated rings. The number of carboxylic acid groups (broad SMARTS) is 1. The standard InChI is InChI=1S/C26H28N2O6/c29-21(22(30)31)12-27-23(32)26(14-25(26)10-5-11-25)15-28-24(33)34-13-20-18-8-3-1-6-16(18)17-7-2-4-9-19(17)20/h1-4,6-9,20-21,29H,5,10-15H2,(H,27,32)(H,28,33)(H,30,31). The van der Waals surface area contributed by atoms with Crippen LogP contribution in [0.15, 0.2) is 48.5 Å². The second kappa shape index (κ2) is 8.43. The van der Waals surface area contributed by atoms with Crippen LogP contribution in [-0.4, -0.2) is 54.0 Å². The van der Waals surface area contributed by atoms with E-state index in [2.05, 4.69) is 34.9 Å². The summed E-state index contributed by atoms with van der Waals surface area (Å²) in [7, 11) is 0. The van der Waals surface area contributed by atoms with Crippen LogP contribution in [0.4, 0.5) is 4.79 Å². The highest BCUT2D eigenvalue weighted by Crippen LogP contribution is 2.73. The van der Waals surface area contributed by atoms with Crippen LogP contribution < -0.4 is 10.6 Å². The van der Waals surface area contributed by atoms with Gasteiger partial charge in [-0.05, 0) is 46.9 Å². The Bertz CT molecular complexity index is 1100. The summed E-state index contributed by atoms with van der Waals surface area (Å²) in [5, 5.41) is 23.7. The molecule has 2 amide bonds. The molecule has 178 valence electrons. The molecule has 3 aliphatic carbocycles. The van der Waals surface area contributed by atoms with Gasteiger partial charge in [0.2, 0.25) is 5.91 Å². The highest BCUT2D eigenvalue weighted by Gasteiger charge is 2.73. The van der Waals surface area contributed by atoms with Crippen LogP contribution >= 0.6 is 0 Å². The maximum absolute atomic E-state index is 12.9. The van der Waals surface area contributed by atoms with E-state index in [-0.39, 0.29) is 36.9 Å². The van der Waals surface area contributed by atoms with Gasteiger partial charge in [-0.3, -0.25) is 4.79 Å². The first-order valence-electron chi connectivity index (χ1n) is 11.6. The average Bonchev–Trinajstić information content (AvgIpc) is 3.44. The van der Waals surface area contributed by atoms with E-state index in [1.165, 1.54) is 0 Å². The summed E-state index contributed by atoms with van der Waals surface area (Å²) in [5.41, 5.74) is 3.61. The van der Waals surface area contributed by atoms with E-state index in [1.807, 2.05) is 24.3 Å². The minimum Gasteiger partial charge on any atom is -0.479 e. The van der Waals surface area contributed by atoms with Gasteiger partial charge in [0.25, 0.3) is 0 Å². The first kappa shape index (κ1) is 22.4. The molecule has 2 unspecified atom stereocenters. The zero-order chi connectivity index (χ0) is 23.9. The van der Waals surface area contributed by atoms with Gasteiger partial charge in [0.1, 0.15) is 6.61 Å². The maximum atomic E-state index is 12.9. The molecule has 3 aliphatic rings. The molecular formula is C26H28N2O6. The number of carbonyl (C=O) groups is 3. The molecule has 34 heavy (non-hydrogen) atoms. The molecule has 5 rings (SSSR count). The number of alkyl carbamates (subject to hydrolysis) is 1. The Morgan fingerprint density at radius 1 is 1.00 bits per heavy atom. The van der Waals surface area contributed by atoms with Crippen molar-refractivity contribution in [3.05, 3.63) is 59.7 Å². The van der Waals surface area contributed by atoms with Crippen LogP contribution in [-0.2, 0) is 14.3 Å². The molecule has 0 aromatic heterocycles. The molecule has 0 heterocycles. The Morgan fingerprint density at radius 3 is 2.15 bits per heavy atom. The van der Waals surface area contributed by atoms with E-state index in [0.717, 1.165) is 41.5 Å². The summed E-state index contributed by atoms with van der Waals surface area (Å²) in [6.45, 7) is -0.0510. The van der Waals surface area contributed by atoms with E-state index >= 15 is 0 Å². The van der Waals surface area contributed by atoms with Crippen LogP contribution in [0.25, 0.3) is 11.1 Å². The molecule has 0 aliphatic heterocycles. The second-order valence-corrected chi connectivity index (χ2v) is 9.64. The molecule has 2 aromatic carbocycles. The third-order valence-corrected chi connectivity index (χ3v) is 7.89. The molecule has 2 atom stereocenters. The average molecular weight is 465 g/mol. The van der Waals surface area contributed by atoms with E-state index in [9.17, 15) is 19.5 Å². The Morgan fingerprint density at radius 2 is 1.62 bits per heavy atom. The minimum absolute atomic E-state index is 0.0492. The number of fused-ring (bicyclic) bond motifs is 3. The van der Waals surface area contributed by atoms with Gasteiger partial charge in [0, 0.05) is 12.5 Å². The number of carbonyl (C=O) groups excluding carboxylic acids is 2. The predicted molar refractivity (Wildman–Crippen MR) is 123 cm³/mol. The highest BCUT2D eigenvalue weighted by atomic mass is 16.5. The first-order valence-corrected chi connectivity index (χ1v) is 11.6. The van der Waals surface area contributed by atoms with Crippen LogP contribution in [0.1, 0.15) is 42.7 Å². The molecule has 2 aromatic rings. The van der Waals surface area contributed by atoms with E-state index in [4.69, 9.17) is 9.84 Å². The monoisotopic (exact) mass is 464 g/mol. The summed E-state index contributed by atoms with van der Waals surface area (Å²) in [6, 6.07) is 16.2. The second-order valence-electron chi connectivity index (χ2n) is 9.64. The molecule has 4 N–H and O–H groups in total. The van der Waals surface area contributed by atoms with E-state index < -0.39 is 23.6 Å². The van der Waals surface area contributed by atoms with Crippen molar-refractivity contribution in [2.24, 2.45) is 10.8 Å². The predicted octanol–water partition coefficient (Wildman–Crippen LogP) is 2.65. The van der Waals surface area contributed by atoms with Gasteiger partial charge in [0.15, 0.2) is 6.10 Å². The van der Waals surface area contributed by atoms with Crippen molar-refractivity contribution in [3.63, 3.8) is 0 Å². The zero-order valence-electron chi connectivity index (χ0n) is 18.8. The summed E-state index contributed by atoms with van der Waals surface area (Å²) < 4.78 is 5.59. The molecule has 0 saturated heterocycles. The number of aliphatic hydroxyl groups excluding tert-OH is 1. The summed E-state index contributed by atoms with van der Waals surface area (Å²) in [4.78, 5) is 36.4. The largest absolute Gasteiger partial charge is 0.479 e. The smallest absolute Gasteiger partial charge is 0.407 e. The molecule has 0 radical (unpaired) electrons. The van der Waals surface area contributed by atoms with Crippen LogP contribution in [0.3, 0.4) is 0 Å². The lowest BCUT2D eigenvalue weighted by atomic mass is 9.74. The SMILES string of the molecule is O=C(NCC1(C(=O)NCC(O)C(=O)O)CC12CCC2)OCC1c2ccccc2-c2ccccc21. The number of ether oxygens (including phenoxy) is 1. The maximum Gasteiger partial charge on any atom is 0.407 e. The Kier molecular flexibility index (Phi) is 5.56. The van der Waals surface area contributed by atoms with Gasteiger partial charge in [-0.25, -0.2) is 9.59 Å². The lowest BCUT2D eigenvalue weighted by Crippen LogP contribution is -2.47. The Balaban J connectivity index is 1.20. The van der Waals surface area contributed by atoms with Gasteiger partial charge in [-0.15, -0.1) is 0 Å². The minimum atomic E-state index is -1.66. The normalized spacial score (nSPS) is 22.1. The van der Waals surface area contributed by atoms with E-state index in [1.54, 1.807) is 0 Å². The fraction of sp³-hybridized carbons (Fsp3) is 0.423.